The lowest BCUT2D eigenvalue weighted by Crippen LogP contribution is -2.48. The van der Waals surface area contributed by atoms with Gasteiger partial charge in [-0.2, -0.15) is 0 Å². The summed E-state index contributed by atoms with van der Waals surface area (Å²) < 4.78 is 1.03. The van der Waals surface area contributed by atoms with Crippen LogP contribution in [0.4, 0.5) is 0 Å². The van der Waals surface area contributed by atoms with Crippen molar-refractivity contribution in [1.82, 2.24) is 4.90 Å². The Labute approximate surface area is 135 Å². The van der Waals surface area contributed by atoms with Crippen LogP contribution in [0.25, 0.3) is 0 Å². The van der Waals surface area contributed by atoms with E-state index in [9.17, 15) is 4.79 Å². The van der Waals surface area contributed by atoms with Gasteiger partial charge >= 0.3 is 0 Å². The van der Waals surface area contributed by atoms with Crippen LogP contribution in [0.5, 0.6) is 0 Å². The maximum Gasteiger partial charge on any atom is 0.231 e. The van der Waals surface area contributed by atoms with Gasteiger partial charge in [-0.3, -0.25) is 9.69 Å². The molecule has 1 fully saturated rings. The lowest BCUT2D eigenvalue weighted by Gasteiger charge is -2.38. The molecule has 1 aliphatic rings. The summed E-state index contributed by atoms with van der Waals surface area (Å²) in [6.07, 6.45) is 4.64. The van der Waals surface area contributed by atoms with E-state index in [4.69, 9.17) is 11.5 Å². The van der Waals surface area contributed by atoms with Crippen molar-refractivity contribution < 1.29 is 4.79 Å². The highest BCUT2D eigenvalue weighted by Crippen LogP contribution is 2.35. The molecule has 0 bridgehead atoms. The first-order valence-corrected chi connectivity index (χ1v) is 8.34. The fourth-order valence-electron chi connectivity index (χ4n) is 3.35. The van der Waals surface area contributed by atoms with Crippen LogP contribution in [0.3, 0.4) is 0 Å². The number of rotatable bonds is 6. The SMILES string of the molecule is CC(N)C(c1ccccc1Br)N(CC(N)=O)C1CCCC1. The van der Waals surface area contributed by atoms with E-state index in [1.54, 1.807) is 0 Å². The quantitative estimate of drug-likeness (QED) is 0.825. The van der Waals surface area contributed by atoms with Crippen LogP contribution in [0.1, 0.15) is 44.2 Å². The monoisotopic (exact) mass is 353 g/mol. The number of nitrogens with zero attached hydrogens (tertiary/aromatic N) is 1. The number of amides is 1. The van der Waals surface area contributed by atoms with Crippen LogP contribution in [0.15, 0.2) is 28.7 Å². The Morgan fingerprint density at radius 1 is 1.38 bits per heavy atom. The lowest BCUT2D eigenvalue weighted by molar-refractivity contribution is -0.120. The van der Waals surface area contributed by atoms with Crippen LogP contribution < -0.4 is 11.5 Å². The highest BCUT2D eigenvalue weighted by Gasteiger charge is 2.33. The van der Waals surface area contributed by atoms with Crippen LogP contribution >= 0.6 is 15.9 Å². The summed E-state index contributed by atoms with van der Waals surface area (Å²) in [6.45, 7) is 2.26. The van der Waals surface area contributed by atoms with E-state index in [1.807, 2.05) is 25.1 Å². The third-order valence-corrected chi connectivity index (χ3v) is 4.93. The first kappa shape index (κ1) is 16.5. The molecule has 0 aliphatic heterocycles. The van der Waals surface area contributed by atoms with Crippen LogP contribution in [0.2, 0.25) is 0 Å². The van der Waals surface area contributed by atoms with Gasteiger partial charge in [0, 0.05) is 16.6 Å². The van der Waals surface area contributed by atoms with E-state index in [1.165, 1.54) is 12.8 Å². The second-order valence-corrected chi connectivity index (χ2v) is 6.76. The third-order valence-electron chi connectivity index (χ3n) is 4.21. The topological polar surface area (TPSA) is 72.3 Å². The zero-order valence-corrected chi connectivity index (χ0v) is 14.1. The Morgan fingerprint density at radius 2 is 2.00 bits per heavy atom. The van der Waals surface area contributed by atoms with Gasteiger partial charge in [-0.05, 0) is 31.4 Å². The molecule has 1 saturated carbocycles. The maximum absolute atomic E-state index is 11.5. The van der Waals surface area contributed by atoms with E-state index >= 15 is 0 Å². The summed E-state index contributed by atoms with van der Waals surface area (Å²) in [5.74, 6) is -0.292. The van der Waals surface area contributed by atoms with Gasteiger partial charge in [-0.1, -0.05) is 47.0 Å². The summed E-state index contributed by atoms with van der Waals surface area (Å²) in [6, 6.07) is 8.38. The first-order valence-electron chi connectivity index (χ1n) is 7.54. The number of primary amides is 1. The third kappa shape index (κ3) is 4.05. The Balaban J connectivity index is 2.36. The summed E-state index contributed by atoms with van der Waals surface area (Å²) in [5.41, 5.74) is 12.9. The Hall–Kier alpha value is -0.910. The number of carbonyl (C=O) groups excluding carboxylic acids is 1. The number of benzene rings is 1. The lowest BCUT2D eigenvalue weighted by atomic mass is 9.96. The smallest absolute Gasteiger partial charge is 0.231 e. The molecule has 0 aromatic heterocycles. The van der Waals surface area contributed by atoms with Gasteiger partial charge in [-0.25, -0.2) is 0 Å². The van der Waals surface area contributed by atoms with Crippen molar-refractivity contribution in [2.75, 3.05) is 6.54 Å². The standard InChI is InChI=1S/C16H24BrN3O/c1-11(18)16(13-8-4-5-9-14(13)17)20(10-15(19)21)12-6-2-3-7-12/h4-5,8-9,11-12,16H,2-3,6-7,10,18H2,1H3,(H2,19,21). The Kier molecular flexibility index (Phi) is 5.79. The maximum atomic E-state index is 11.5. The minimum absolute atomic E-state index is 0.00354. The van der Waals surface area contributed by atoms with Gasteiger partial charge in [0.15, 0.2) is 0 Å². The number of halogens is 1. The molecule has 21 heavy (non-hydrogen) atoms. The van der Waals surface area contributed by atoms with Gasteiger partial charge in [-0.15, -0.1) is 0 Å². The molecule has 1 aliphatic carbocycles. The van der Waals surface area contributed by atoms with Gasteiger partial charge in [0.05, 0.1) is 12.6 Å². The molecule has 4 N–H and O–H groups in total. The van der Waals surface area contributed by atoms with Crippen molar-refractivity contribution in [3.8, 4) is 0 Å². The molecule has 4 nitrogen and oxygen atoms in total. The van der Waals surface area contributed by atoms with Gasteiger partial charge in [0.25, 0.3) is 0 Å². The second kappa shape index (κ2) is 7.38. The summed E-state index contributed by atoms with van der Waals surface area (Å²) in [7, 11) is 0. The molecule has 0 radical (unpaired) electrons. The summed E-state index contributed by atoms with van der Waals surface area (Å²) in [5, 5.41) is 0. The fraction of sp³-hybridized carbons (Fsp3) is 0.562. The predicted molar refractivity (Wildman–Crippen MR) is 88.7 cm³/mol. The van der Waals surface area contributed by atoms with Crippen LogP contribution in [-0.2, 0) is 4.79 Å². The molecule has 1 amide bonds. The van der Waals surface area contributed by atoms with E-state index in [2.05, 4.69) is 26.9 Å². The van der Waals surface area contributed by atoms with E-state index < -0.39 is 0 Å². The van der Waals surface area contributed by atoms with Gasteiger partial charge in [0.1, 0.15) is 0 Å². The zero-order valence-electron chi connectivity index (χ0n) is 12.5. The van der Waals surface area contributed by atoms with Crippen molar-refractivity contribution in [2.45, 2.75) is 50.7 Å². The molecule has 0 saturated heterocycles. The largest absolute Gasteiger partial charge is 0.369 e. The molecule has 2 unspecified atom stereocenters. The van der Waals surface area contributed by atoms with Crippen LogP contribution in [-0.4, -0.2) is 29.4 Å². The highest BCUT2D eigenvalue weighted by molar-refractivity contribution is 9.10. The first-order chi connectivity index (χ1) is 10.0. The van der Waals surface area contributed by atoms with E-state index in [0.29, 0.717) is 6.04 Å². The van der Waals surface area contributed by atoms with Gasteiger partial charge in [0.2, 0.25) is 5.91 Å². The van der Waals surface area contributed by atoms with Crippen molar-refractivity contribution in [3.63, 3.8) is 0 Å². The van der Waals surface area contributed by atoms with Crippen LogP contribution in [0, 0.1) is 0 Å². The predicted octanol–water partition coefficient (Wildman–Crippen LogP) is 2.57. The summed E-state index contributed by atoms with van der Waals surface area (Å²) in [4.78, 5) is 13.7. The van der Waals surface area contributed by atoms with Crippen molar-refractivity contribution in [2.24, 2.45) is 11.5 Å². The summed E-state index contributed by atoms with van der Waals surface area (Å²) >= 11 is 3.61. The van der Waals surface area contributed by atoms with Crippen molar-refractivity contribution >= 4 is 21.8 Å². The Morgan fingerprint density at radius 3 is 2.52 bits per heavy atom. The second-order valence-electron chi connectivity index (χ2n) is 5.90. The molecule has 1 aromatic carbocycles. The highest BCUT2D eigenvalue weighted by atomic mass is 79.9. The minimum atomic E-state index is -0.292. The number of carbonyl (C=O) groups is 1. The molecule has 116 valence electrons. The average Bonchev–Trinajstić information content (AvgIpc) is 2.93. The molecule has 5 heteroatoms. The molecule has 0 heterocycles. The van der Waals surface area contributed by atoms with Gasteiger partial charge < -0.3 is 11.5 Å². The van der Waals surface area contributed by atoms with E-state index in [0.717, 1.165) is 22.9 Å². The molecule has 1 aromatic rings. The Bertz CT molecular complexity index is 486. The fourth-order valence-corrected chi connectivity index (χ4v) is 3.87. The number of hydrogen-bond donors (Lipinski definition) is 2. The normalized spacial score (nSPS) is 18.9. The van der Waals surface area contributed by atoms with E-state index in [-0.39, 0.29) is 24.5 Å². The molecular formula is C16H24BrN3O. The molecular weight excluding hydrogens is 330 g/mol. The molecule has 0 spiro atoms. The molecule has 2 atom stereocenters. The van der Waals surface area contributed by atoms with Crippen molar-refractivity contribution in [1.29, 1.82) is 0 Å². The minimum Gasteiger partial charge on any atom is -0.369 e. The van der Waals surface area contributed by atoms with Crippen molar-refractivity contribution in [3.05, 3.63) is 34.3 Å². The average molecular weight is 354 g/mol. The zero-order chi connectivity index (χ0) is 15.4. The number of nitrogens with two attached hydrogens (primary N) is 2. The molecule has 2 rings (SSSR count). The number of hydrogen-bond acceptors (Lipinski definition) is 3.